The number of guanidine groups is 1. The number of amides is 1. The second-order valence-electron chi connectivity index (χ2n) is 7.07. The Morgan fingerprint density at radius 3 is 2.89 bits per heavy atom. The minimum atomic E-state index is 0.129. The Kier molecular flexibility index (Phi) is 9.07. The number of aliphatic imine (C=N–C) groups is 1. The Morgan fingerprint density at radius 1 is 1.41 bits per heavy atom. The van der Waals surface area contributed by atoms with Crippen LogP contribution in [0.2, 0.25) is 0 Å². The van der Waals surface area contributed by atoms with Crippen LogP contribution in [0.4, 0.5) is 0 Å². The molecule has 0 aliphatic carbocycles. The molecule has 0 fully saturated rings. The number of hydrogen-bond donors (Lipinski definition) is 2. The normalized spacial score (nSPS) is 15.6. The standard InChI is InChI=1S/C20H35N5OS/c1-5-24(6-2)11-7-8-16(3)23-20(21-4)22-14-19(26)25-12-9-18-17(15-25)10-13-27-18/h10,13,16H,5-9,11-12,14-15H2,1-4H3,(H2,21,22,23). The summed E-state index contributed by atoms with van der Waals surface area (Å²) in [5.41, 5.74) is 1.30. The molecule has 2 rings (SSSR count). The van der Waals surface area contributed by atoms with Crippen molar-refractivity contribution in [1.82, 2.24) is 20.4 Å². The van der Waals surface area contributed by atoms with E-state index in [1.165, 1.54) is 10.4 Å². The summed E-state index contributed by atoms with van der Waals surface area (Å²) in [7, 11) is 1.75. The summed E-state index contributed by atoms with van der Waals surface area (Å²) in [6, 6.07) is 2.46. The Morgan fingerprint density at radius 2 is 2.19 bits per heavy atom. The lowest BCUT2D eigenvalue weighted by molar-refractivity contribution is -0.130. The average Bonchev–Trinajstić information content (AvgIpc) is 3.16. The molecule has 0 spiro atoms. The van der Waals surface area contributed by atoms with Crippen LogP contribution in [-0.2, 0) is 17.8 Å². The average molecular weight is 394 g/mol. The maximum atomic E-state index is 12.5. The number of nitrogens with one attached hydrogen (secondary N) is 2. The second-order valence-corrected chi connectivity index (χ2v) is 8.08. The zero-order chi connectivity index (χ0) is 19.6. The van der Waals surface area contributed by atoms with Crippen molar-refractivity contribution in [2.24, 2.45) is 4.99 Å². The van der Waals surface area contributed by atoms with Crippen molar-refractivity contribution in [3.8, 4) is 0 Å². The van der Waals surface area contributed by atoms with Crippen LogP contribution in [0, 0.1) is 0 Å². The third-order valence-electron chi connectivity index (χ3n) is 5.18. The van der Waals surface area contributed by atoms with Crippen LogP contribution in [-0.4, -0.2) is 67.5 Å². The number of hydrogen-bond acceptors (Lipinski definition) is 4. The molecule has 1 aliphatic rings. The molecule has 27 heavy (non-hydrogen) atoms. The number of nitrogens with zero attached hydrogens (tertiary/aromatic N) is 3. The molecule has 1 aliphatic heterocycles. The lowest BCUT2D eigenvalue weighted by Gasteiger charge is -2.27. The van der Waals surface area contributed by atoms with E-state index in [9.17, 15) is 4.79 Å². The van der Waals surface area contributed by atoms with Crippen LogP contribution in [0.25, 0.3) is 0 Å². The zero-order valence-corrected chi connectivity index (χ0v) is 18.1. The Labute approximate surface area is 168 Å². The van der Waals surface area contributed by atoms with Gasteiger partial charge in [0.15, 0.2) is 5.96 Å². The molecule has 6 nitrogen and oxygen atoms in total. The molecule has 7 heteroatoms. The maximum absolute atomic E-state index is 12.5. The molecule has 1 aromatic heterocycles. The van der Waals surface area contributed by atoms with E-state index in [4.69, 9.17) is 0 Å². The highest BCUT2D eigenvalue weighted by molar-refractivity contribution is 7.10. The molecule has 1 amide bonds. The van der Waals surface area contributed by atoms with Crippen molar-refractivity contribution in [2.75, 3.05) is 39.8 Å². The van der Waals surface area contributed by atoms with E-state index in [0.717, 1.165) is 52.0 Å². The molecule has 2 N–H and O–H groups in total. The van der Waals surface area contributed by atoms with Gasteiger partial charge in [-0.15, -0.1) is 11.3 Å². The van der Waals surface area contributed by atoms with Crippen LogP contribution in [0.3, 0.4) is 0 Å². The molecule has 2 heterocycles. The third-order valence-corrected chi connectivity index (χ3v) is 6.20. The molecular formula is C20H35N5OS. The molecular weight excluding hydrogens is 358 g/mol. The van der Waals surface area contributed by atoms with Gasteiger partial charge in [-0.25, -0.2) is 0 Å². The summed E-state index contributed by atoms with van der Waals surface area (Å²) < 4.78 is 0. The van der Waals surface area contributed by atoms with Gasteiger partial charge in [0.1, 0.15) is 0 Å². The smallest absolute Gasteiger partial charge is 0.242 e. The topological polar surface area (TPSA) is 60.0 Å². The number of rotatable bonds is 9. The molecule has 0 saturated heterocycles. The van der Waals surface area contributed by atoms with Gasteiger partial charge in [0.2, 0.25) is 5.91 Å². The second kappa shape index (κ2) is 11.3. The molecule has 1 atom stereocenters. The molecule has 0 radical (unpaired) electrons. The molecule has 0 aromatic carbocycles. The van der Waals surface area contributed by atoms with Crippen molar-refractivity contribution >= 4 is 23.2 Å². The Balaban J connectivity index is 1.69. The molecule has 152 valence electrons. The van der Waals surface area contributed by atoms with Crippen molar-refractivity contribution < 1.29 is 4.79 Å². The van der Waals surface area contributed by atoms with E-state index in [1.54, 1.807) is 18.4 Å². The first kappa shape index (κ1) is 21.7. The van der Waals surface area contributed by atoms with Gasteiger partial charge in [0, 0.05) is 31.1 Å². The highest BCUT2D eigenvalue weighted by Crippen LogP contribution is 2.23. The number of thiophene rings is 1. The van der Waals surface area contributed by atoms with E-state index < -0.39 is 0 Å². The summed E-state index contributed by atoms with van der Waals surface area (Å²) in [6.07, 6.45) is 3.20. The first-order chi connectivity index (χ1) is 13.1. The van der Waals surface area contributed by atoms with Crippen molar-refractivity contribution in [2.45, 2.75) is 52.6 Å². The van der Waals surface area contributed by atoms with Crippen LogP contribution in [0.15, 0.2) is 16.4 Å². The fourth-order valence-electron chi connectivity index (χ4n) is 3.39. The highest BCUT2D eigenvalue weighted by atomic mass is 32.1. The lowest BCUT2D eigenvalue weighted by Crippen LogP contribution is -2.47. The van der Waals surface area contributed by atoms with Gasteiger partial charge in [0.05, 0.1) is 6.54 Å². The Hall–Kier alpha value is -1.60. The van der Waals surface area contributed by atoms with E-state index in [0.29, 0.717) is 12.0 Å². The summed E-state index contributed by atoms with van der Waals surface area (Å²) >= 11 is 1.79. The van der Waals surface area contributed by atoms with Gasteiger partial charge in [0.25, 0.3) is 0 Å². The lowest BCUT2D eigenvalue weighted by atomic mass is 10.1. The molecule has 1 unspecified atom stereocenters. The van der Waals surface area contributed by atoms with E-state index in [1.807, 2.05) is 4.90 Å². The van der Waals surface area contributed by atoms with Crippen LogP contribution in [0.1, 0.15) is 44.1 Å². The molecule has 0 saturated carbocycles. The monoisotopic (exact) mass is 393 g/mol. The number of fused-ring (bicyclic) bond motifs is 1. The minimum absolute atomic E-state index is 0.129. The summed E-state index contributed by atoms with van der Waals surface area (Å²) in [6.45, 7) is 11.7. The van der Waals surface area contributed by atoms with E-state index in [-0.39, 0.29) is 12.5 Å². The first-order valence-electron chi connectivity index (χ1n) is 10.1. The minimum Gasteiger partial charge on any atom is -0.354 e. The van der Waals surface area contributed by atoms with Gasteiger partial charge < -0.3 is 20.4 Å². The van der Waals surface area contributed by atoms with Gasteiger partial charge in [-0.3, -0.25) is 9.79 Å². The first-order valence-corrected chi connectivity index (χ1v) is 11.0. The largest absolute Gasteiger partial charge is 0.354 e. The summed E-state index contributed by atoms with van der Waals surface area (Å²) in [5.74, 6) is 0.830. The van der Waals surface area contributed by atoms with Gasteiger partial charge in [-0.05, 0) is 62.8 Å². The molecule has 1 aromatic rings. The van der Waals surface area contributed by atoms with Crippen molar-refractivity contribution in [3.05, 3.63) is 21.9 Å². The predicted octanol–water partition coefficient (Wildman–Crippen LogP) is 2.31. The van der Waals surface area contributed by atoms with E-state index >= 15 is 0 Å². The fourth-order valence-corrected chi connectivity index (χ4v) is 4.28. The van der Waals surface area contributed by atoms with Gasteiger partial charge >= 0.3 is 0 Å². The SMILES string of the molecule is CCN(CC)CCCC(C)NC(=NC)NCC(=O)N1CCc2sccc2C1. The third kappa shape index (κ3) is 6.81. The summed E-state index contributed by atoms with van der Waals surface area (Å²) in [5, 5.41) is 8.69. The van der Waals surface area contributed by atoms with Crippen LogP contribution >= 0.6 is 11.3 Å². The Bertz CT molecular complexity index is 611. The van der Waals surface area contributed by atoms with Crippen molar-refractivity contribution in [1.29, 1.82) is 0 Å². The van der Waals surface area contributed by atoms with Gasteiger partial charge in [-0.2, -0.15) is 0 Å². The van der Waals surface area contributed by atoms with Gasteiger partial charge in [-0.1, -0.05) is 13.8 Å². The van der Waals surface area contributed by atoms with E-state index in [2.05, 4.69) is 52.7 Å². The van der Waals surface area contributed by atoms with Crippen LogP contribution < -0.4 is 10.6 Å². The maximum Gasteiger partial charge on any atom is 0.242 e. The quantitative estimate of drug-likeness (QED) is 0.499. The number of carbonyl (C=O) groups is 1. The fraction of sp³-hybridized carbons (Fsp3) is 0.700. The zero-order valence-electron chi connectivity index (χ0n) is 17.3. The van der Waals surface area contributed by atoms with Crippen molar-refractivity contribution in [3.63, 3.8) is 0 Å². The number of carbonyl (C=O) groups excluding carboxylic acids is 1. The summed E-state index contributed by atoms with van der Waals surface area (Å²) in [4.78, 5) is 22.6. The highest BCUT2D eigenvalue weighted by Gasteiger charge is 2.21. The predicted molar refractivity (Wildman–Crippen MR) is 114 cm³/mol. The van der Waals surface area contributed by atoms with Crippen LogP contribution in [0.5, 0.6) is 0 Å². The molecule has 0 bridgehead atoms.